The molecule has 144 valence electrons. The Balaban J connectivity index is 2.25. The summed E-state index contributed by atoms with van der Waals surface area (Å²) in [7, 11) is -2.44. The van der Waals surface area contributed by atoms with Crippen LogP contribution in [0.1, 0.15) is 24.2 Å². The van der Waals surface area contributed by atoms with Crippen molar-refractivity contribution in [1.82, 2.24) is 4.72 Å². The number of rotatable bonds is 7. The van der Waals surface area contributed by atoms with Crippen LogP contribution in [0.4, 0.5) is 11.4 Å². The molecular formula is C18H21N3O5S. The summed E-state index contributed by atoms with van der Waals surface area (Å²) in [4.78, 5) is 23.4. The molecule has 0 bridgehead atoms. The van der Waals surface area contributed by atoms with Gasteiger partial charge in [0, 0.05) is 30.4 Å². The van der Waals surface area contributed by atoms with Crippen LogP contribution >= 0.6 is 0 Å². The third-order valence-electron chi connectivity index (χ3n) is 3.51. The van der Waals surface area contributed by atoms with Crippen LogP contribution in [-0.4, -0.2) is 33.9 Å². The smallest absolute Gasteiger partial charge is 0.255 e. The largest absolute Gasteiger partial charge is 0.495 e. The highest BCUT2D eigenvalue weighted by Gasteiger charge is 2.21. The van der Waals surface area contributed by atoms with Gasteiger partial charge in [-0.05, 0) is 42.5 Å². The number of anilines is 2. The van der Waals surface area contributed by atoms with Crippen LogP contribution in [0.25, 0.3) is 0 Å². The number of benzene rings is 2. The lowest BCUT2D eigenvalue weighted by Gasteiger charge is -2.12. The molecule has 0 aromatic heterocycles. The third kappa shape index (κ3) is 5.28. The van der Waals surface area contributed by atoms with Crippen molar-refractivity contribution >= 4 is 33.2 Å². The van der Waals surface area contributed by atoms with E-state index in [0.29, 0.717) is 11.4 Å². The highest BCUT2D eigenvalue weighted by Crippen LogP contribution is 2.25. The Hall–Kier alpha value is -2.91. The van der Waals surface area contributed by atoms with Gasteiger partial charge in [-0.1, -0.05) is 6.92 Å². The van der Waals surface area contributed by atoms with Gasteiger partial charge in [0.15, 0.2) is 0 Å². The molecule has 9 heteroatoms. The first-order chi connectivity index (χ1) is 12.8. The van der Waals surface area contributed by atoms with E-state index >= 15 is 0 Å². The zero-order valence-corrected chi connectivity index (χ0v) is 16.0. The number of carbonyl (C=O) groups is 2. The Bertz CT molecular complexity index is 940. The van der Waals surface area contributed by atoms with E-state index in [9.17, 15) is 18.0 Å². The summed E-state index contributed by atoms with van der Waals surface area (Å²) in [5.41, 5.74) is 1.27. The summed E-state index contributed by atoms with van der Waals surface area (Å²) in [6.07, 6.45) is 0. The number of carbonyl (C=O) groups excluding carboxylic acids is 2. The fourth-order valence-corrected chi connectivity index (χ4v) is 3.57. The number of ether oxygens (including phenoxy) is 1. The Morgan fingerprint density at radius 3 is 2.11 bits per heavy atom. The van der Waals surface area contributed by atoms with Crippen molar-refractivity contribution in [2.24, 2.45) is 0 Å². The van der Waals surface area contributed by atoms with Crippen molar-refractivity contribution in [3.8, 4) is 5.75 Å². The lowest BCUT2D eigenvalue weighted by atomic mass is 10.2. The molecule has 0 saturated heterocycles. The molecule has 8 nitrogen and oxygen atoms in total. The maximum Gasteiger partial charge on any atom is 0.255 e. The Morgan fingerprint density at radius 1 is 1.00 bits per heavy atom. The Kier molecular flexibility index (Phi) is 6.54. The molecule has 0 atom stereocenters. The van der Waals surface area contributed by atoms with Gasteiger partial charge in [0.1, 0.15) is 10.6 Å². The topological polar surface area (TPSA) is 114 Å². The molecule has 0 heterocycles. The van der Waals surface area contributed by atoms with Crippen LogP contribution in [0.3, 0.4) is 0 Å². The van der Waals surface area contributed by atoms with Crippen molar-refractivity contribution in [2.75, 3.05) is 24.3 Å². The highest BCUT2D eigenvalue weighted by atomic mass is 32.2. The normalized spacial score (nSPS) is 10.9. The second-order valence-electron chi connectivity index (χ2n) is 5.58. The number of hydrogen-bond donors (Lipinski definition) is 3. The van der Waals surface area contributed by atoms with E-state index in [4.69, 9.17) is 4.74 Å². The van der Waals surface area contributed by atoms with Gasteiger partial charge in [-0.3, -0.25) is 9.59 Å². The number of hydrogen-bond acceptors (Lipinski definition) is 5. The Morgan fingerprint density at radius 2 is 1.59 bits per heavy atom. The minimum absolute atomic E-state index is 0.111. The predicted octanol–water partition coefficient (Wildman–Crippen LogP) is 2.20. The van der Waals surface area contributed by atoms with E-state index in [1.807, 2.05) is 0 Å². The van der Waals surface area contributed by atoms with Gasteiger partial charge in [-0.15, -0.1) is 0 Å². The molecule has 0 unspecified atom stereocenters. The number of nitrogens with one attached hydrogen (secondary N) is 3. The van der Waals surface area contributed by atoms with Crippen molar-refractivity contribution < 1.29 is 22.7 Å². The second-order valence-corrected chi connectivity index (χ2v) is 7.32. The maximum absolute atomic E-state index is 12.5. The van der Waals surface area contributed by atoms with Gasteiger partial charge in [-0.25, -0.2) is 13.1 Å². The summed E-state index contributed by atoms with van der Waals surface area (Å²) in [5, 5.41) is 5.31. The molecule has 0 aliphatic rings. The second kappa shape index (κ2) is 8.65. The molecule has 0 aliphatic heterocycles. The number of methoxy groups -OCH3 is 1. The molecular weight excluding hydrogens is 370 g/mol. The minimum atomic E-state index is -3.79. The van der Waals surface area contributed by atoms with Gasteiger partial charge in [-0.2, -0.15) is 0 Å². The SMILES string of the molecule is CCNS(=O)(=O)c1cc(C(=O)Nc2ccc(NC(C)=O)cc2)ccc1OC. The first-order valence-electron chi connectivity index (χ1n) is 8.13. The standard InChI is InChI=1S/C18H21N3O5S/c1-4-19-27(24,25)17-11-13(5-10-16(17)26-3)18(23)21-15-8-6-14(7-9-15)20-12(2)22/h5-11,19H,4H2,1-3H3,(H,20,22)(H,21,23). The highest BCUT2D eigenvalue weighted by molar-refractivity contribution is 7.89. The average Bonchev–Trinajstić information content (AvgIpc) is 2.62. The molecule has 0 fully saturated rings. The number of sulfonamides is 1. The molecule has 27 heavy (non-hydrogen) atoms. The molecule has 0 radical (unpaired) electrons. The summed E-state index contributed by atoms with van der Waals surface area (Å²) < 4.78 is 32.1. The third-order valence-corrected chi connectivity index (χ3v) is 5.08. The van der Waals surface area contributed by atoms with Gasteiger partial charge in [0.25, 0.3) is 5.91 Å². The lowest BCUT2D eigenvalue weighted by molar-refractivity contribution is -0.114. The molecule has 0 aliphatic carbocycles. The zero-order chi connectivity index (χ0) is 20.0. The van der Waals surface area contributed by atoms with Crippen molar-refractivity contribution in [1.29, 1.82) is 0 Å². The maximum atomic E-state index is 12.5. The first kappa shape index (κ1) is 20.4. The fourth-order valence-electron chi connectivity index (χ4n) is 2.34. The van der Waals surface area contributed by atoms with E-state index in [1.165, 1.54) is 32.2 Å². The monoisotopic (exact) mass is 391 g/mol. The molecule has 3 N–H and O–H groups in total. The van der Waals surface area contributed by atoms with Gasteiger partial charge in [0.2, 0.25) is 15.9 Å². The molecule has 2 aromatic rings. The van der Waals surface area contributed by atoms with E-state index in [0.717, 1.165) is 0 Å². The molecule has 2 aromatic carbocycles. The average molecular weight is 391 g/mol. The summed E-state index contributed by atoms with van der Waals surface area (Å²) >= 11 is 0. The van der Waals surface area contributed by atoms with Crippen LogP contribution in [0.2, 0.25) is 0 Å². The van der Waals surface area contributed by atoms with Crippen LogP contribution in [-0.2, 0) is 14.8 Å². The van der Waals surface area contributed by atoms with E-state index in [1.54, 1.807) is 31.2 Å². The first-order valence-corrected chi connectivity index (χ1v) is 9.62. The quantitative estimate of drug-likeness (QED) is 0.670. The fraction of sp³-hybridized carbons (Fsp3) is 0.222. The zero-order valence-electron chi connectivity index (χ0n) is 15.2. The van der Waals surface area contributed by atoms with Crippen LogP contribution in [0.5, 0.6) is 5.75 Å². The van der Waals surface area contributed by atoms with Crippen molar-refractivity contribution in [3.63, 3.8) is 0 Å². The van der Waals surface area contributed by atoms with E-state index < -0.39 is 15.9 Å². The van der Waals surface area contributed by atoms with Crippen LogP contribution in [0.15, 0.2) is 47.4 Å². The lowest BCUT2D eigenvalue weighted by Crippen LogP contribution is -2.24. The summed E-state index contributed by atoms with van der Waals surface area (Å²) in [6.45, 7) is 3.27. The van der Waals surface area contributed by atoms with Gasteiger partial charge >= 0.3 is 0 Å². The molecule has 0 saturated carbocycles. The molecule has 2 rings (SSSR count). The molecule has 2 amide bonds. The number of amides is 2. The van der Waals surface area contributed by atoms with Gasteiger partial charge in [0.05, 0.1) is 7.11 Å². The van der Waals surface area contributed by atoms with Gasteiger partial charge < -0.3 is 15.4 Å². The van der Waals surface area contributed by atoms with Crippen molar-refractivity contribution in [3.05, 3.63) is 48.0 Å². The predicted molar refractivity (Wildman–Crippen MR) is 103 cm³/mol. The van der Waals surface area contributed by atoms with Crippen LogP contribution in [0, 0.1) is 0 Å². The summed E-state index contributed by atoms with van der Waals surface area (Å²) in [5.74, 6) is -0.524. The summed E-state index contributed by atoms with van der Waals surface area (Å²) in [6, 6.07) is 10.7. The van der Waals surface area contributed by atoms with E-state index in [2.05, 4.69) is 15.4 Å². The molecule has 0 spiro atoms. The van der Waals surface area contributed by atoms with Crippen LogP contribution < -0.4 is 20.1 Å². The van der Waals surface area contributed by atoms with Crippen molar-refractivity contribution in [2.45, 2.75) is 18.7 Å². The Labute approximate surface area is 158 Å². The van der Waals surface area contributed by atoms with E-state index in [-0.39, 0.29) is 28.7 Å². The minimum Gasteiger partial charge on any atom is -0.495 e.